The minimum absolute atomic E-state index is 0.0111. The van der Waals surface area contributed by atoms with Gasteiger partial charge in [0, 0.05) is 24.7 Å². The first-order valence-electron chi connectivity index (χ1n) is 11.7. The molecular weight excluding hydrogens is 442 g/mol. The topological polar surface area (TPSA) is 74.6 Å². The molecule has 178 valence electrons. The predicted octanol–water partition coefficient (Wildman–Crippen LogP) is 4.92. The highest BCUT2D eigenvalue weighted by Crippen LogP contribution is 2.36. The highest BCUT2D eigenvalue weighted by atomic mass is 16.7. The normalized spacial score (nSPS) is 11.9. The number of nitrogens with one attached hydrogen (secondary N) is 1. The van der Waals surface area contributed by atoms with Gasteiger partial charge < -0.3 is 19.5 Å². The summed E-state index contributed by atoms with van der Waals surface area (Å²) in [6.45, 7) is 3.28. The summed E-state index contributed by atoms with van der Waals surface area (Å²) in [5.41, 5.74) is 4.73. The molecule has 0 fully saturated rings. The Hall–Kier alpha value is -4.26. The van der Waals surface area contributed by atoms with E-state index in [1.54, 1.807) is 0 Å². The molecule has 2 heterocycles. The summed E-state index contributed by atoms with van der Waals surface area (Å²) in [5, 5.41) is 7.86. The Morgan fingerprint density at radius 1 is 1.03 bits per heavy atom. The molecule has 0 saturated heterocycles. The van der Waals surface area contributed by atoms with E-state index in [4.69, 9.17) is 19.3 Å². The van der Waals surface area contributed by atoms with Crippen LogP contribution < -0.4 is 19.5 Å². The summed E-state index contributed by atoms with van der Waals surface area (Å²) >= 11 is 0. The maximum Gasteiger partial charge on any atom is 0.231 e. The van der Waals surface area contributed by atoms with E-state index in [0.717, 1.165) is 39.6 Å². The zero-order valence-electron chi connectivity index (χ0n) is 19.6. The Kier molecular flexibility index (Phi) is 6.66. The van der Waals surface area contributed by atoms with E-state index in [2.05, 4.69) is 5.32 Å². The number of para-hydroxylation sites is 1. The monoisotopic (exact) mass is 469 g/mol. The number of ether oxygens (including phenoxy) is 3. The first kappa shape index (κ1) is 22.5. The van der Waals surface area contributed by atoms with Crippen molar-refractivity contribution in [1.82, 2.24) is 15.1 Å². The number of fused-ring (bicyclic) bond motifs is 1. The average Bonchev–Trinajstić information content (AvgIpc) is 3.54. The van der Waals surface area contributed by atoms with Gasteiger partial charge in [0.15, 0.2) is 11.5 Å². The number of aryl methyl sites for hydroxylation is 1. The largest absolute Gasteiger partial charge is 0.494 e. The van der Waals surface area contributed by atoms with Crippen LogP contribution in [0.2, 0.25) is 0 Å². The molecule has 0 spiro atoms. The van der Waals surface area contributed by atoms with Gasteiger partial charge in [0.1, 0.15) is 5.75 Å². The summed E-state index contributed by atoms with van der Waals surface area (Å²) in [7, 11) is 0. The molecule has 7 heteroatoms. The molecule has 5 rings (SSSR count). The molecule has 0 bridgehead atoms. The number of nitrogens with zero attached hydrogens (tertiary/aromatic N) is 2. The minimum atomic E-state index is -0.0111. The molecule has 1 aromatic heterocycles. The summed E-state index contributed by atoms with van der Waals surface area (Å²) in [6.07, 6.45) is 2.91. The van der Waals surface area contributed by atoms with Crippen molar-refractivity contribution in [2.75, 3.05) is 13.4 Å². The number of carbonyl (C=O) groups is 1. The van der Waals surface area contributed by atoms with Gasteiger partial charge >= 0.3 is 0 Å². The molecule has 3 aromatic carbocycles. The summed E-state index contributed by atoms with van der Waals surface area (Å²) < 4.78 is 18.3. The highest BCUT2D eigenvalue weighted by molar-refractivity contribution is 5.77. The Morgan fingerprint density at radius 2 is 1.83 bits per heavy atom. The summed E-state index contributed by atoms with van der Waals surface area (Å²) in [5.74, 6) is 2.25. The van der Waals surface area contributed by atoms with Crippen LogP contribution in [0.5, 0.6) is 17.2 Å². The van der Waals surface area contributed by atoms with Crippen molar-refractivity contribution >= 4 is 5.91 Å². The third kappa shape index (κ3) is 5.30. The third-order valence-corrected chi connectivity index (χ3v) is 5.80. The van der Waals surface area contributed by atoms with E-state index < -0.39 is 0 Å². The molecule has 0 aliphatic carbocycles. The van der Waals surface area contributed by atoms with Crippen LogP contribution >= 0.6 is 0 Å². The van der Waals surface area contributed by atoms with E-state index in [-0.39, 0.29) is 12.7 Å². The molecular formula is C28H27N3O4. The van der Waals surface area contributed by atoms with Gasteiger partial charge in [-0.2, -0.15) is 5.10 Å². The van der Waals surface area contributed by atoms with Crippen LogP contribution in [0.15, 0.2) is 79.0 Å². The zero-order valence-corrected chi connectivity index (χ0v) is 19.6. The van der Waals surface area contributed by atoms with Crippen molar-refractivity contribution in [3.8, 4) is 34.2 Å². The quantitative estimate of drug-likeness (QED) is 0.377. The van der Waals surface area contributed by atoms with Crippen LogP contribution in [-0.2, 0) is 17.8 Å². The third-order valence-electron chi connectivity index (χ3n) is 5.80. The molecule has 1 aliphatic heterocycles. The Morgan fingerprint density at radius 3 is 2.63 bits per heavy atom. The van der Waals surface area contributed by atoms with Crippen LogP contribution in [0.25, 0.3) is 16.9 Å². The molecule has 0 saturated carbocycles. The fourth-order valence-electron chi connectivity index (χ4n) is 4.00. The van der Waals surface area contributed by atoms with Gasteiger partial charge in [0.05, 0.1) is 18.0 Å². The second kappa shape index (κ2) is 10.3. The van der Waals surface area contributed by atoms with Crippen molar-refractivity contribution in [3.05, 3.63) is 90.1 Å². The lowest BCUT2D eigenvalue weighted by atomic mass is 10.0. The minimum Gasteiger partial charge on any atom is -0.494 e. The van der Waals surface area contributed by atoms with Crippen LogP contribution in [0.3, 0.4) is 0 Å². The fourth-order valence-corrected chi connectivity index (χ4v) is 4.00. The van der Waals surface area contributed by atoms with Crippen molar-refractivity contribution < 1.29 is 19.0 Å². The molecule has 1 amide bonds. The lowest BCUT2D eigenvalue weighted by molar-refractivity contribution is -0.121. The molecule has 4 aromatic rings. The van der Waals surface area contributed by atoms with Gasteiger partial charge in [-0.15, -0.1) is 0 Å². The van der Waals surface area contributed by atoms with Crippen LogP contribution in [-0.4, -0.2) is 29.1 Å². The predicted molar refractivity (Wildman–Crippen MR) is 133 cm³/mol. The van der Waals surface area contributed by atoms with Crippen molar-refractivity contribution in [3.63, 3.8) is 0 Å². The van der Waals surface area contributed by atoms with E-state index in [1.807, 2.05) is 90.6 Å². The van der Waals surface area contributed by atoms with Crippen molar-refractivity contribution in [2.45, 2.75) is 26.3 Å². The Labute approximate surface area is 204 Å². The number of hydrogen-bond donors (Lipinski definition) is 1. The highest BCUT2D eigenvalue weighted by Gasteiger charge is 2.18. The molecule has 1 aliphatic rings. The first-order valence-corrected chi connectivity index (χ1v) is 11.7. The van der Waals surface area contributed by atoms with Crippen molar-refractivity contribution in [1.29, 1.82) is 0 Å². The lowest BCUT2D eigenvalue weighted by Gasteiger charge is -2.07. The summed E-state index contributed by atoms with van der Waals surface area (Å²) in [4.78, 5) is 12.6. The number of rotatable bonds is 9. The maximum absolute atomic E-state index is 12.6. The van der Waals surface area contributed by atoms with Crippen LogP contribution in [0, 0.1) is 0 Å². The Bertz CT molecular complexity index is 1300. The lowest BCUT2D eigenvalue weighted by Crippen LogP contribution is -2.23. The van der Waals surface area contributed by atoms with Gasteiger partial charge in [-0.1, -0.05) is 30.3 Å². The number of benzene rings is 3. The summed E-state index contributed by atoms with van der Waals surface area (Å²) in [6, 6.07) is 23.5. The first-order chi connectivity index (χ1) is 17.2. The maximum atomic E-state index is 12.6. The molecule has 7 nitrogen and oxygen atoms in total. The van der Waals surface area contributed by atoms with E-state index in [9.17, 15) is 4.79 Å². The van der Waals surface area contributed by atoms with Crippen LogP contribution in [0.1, 0.15) is 24.5 Å². The van der Waals surface area contributed by atoms with Crippen LogP contribution in [0.4, 0.5) is 0 Å². The van der Waals surface area contributed by atoms with Gasteiger partial charge in [-0.3, -0.25) is 4.79 Å². The van der Waals surface area contributed by atoms with E-state index in [1.165, 1.54) is 0 Å². The number of carbonyl (C=O) groups excluding carboxylic acids is 1. The van der Waals surface area contributed by atoms with Gasteiger partial charge in [0.25, 0.3) is 0 Å². The fraction of sp³-hybridized carbons (Fsp3) is 0.214. The standard InChI is InChI=1S/C28H27N3O4/c1-2-33-24-12-8-20(9-13-24)17-29-27(32)15-11-22-18-31(23-6-4-3-5-7-23)30-28(22)21-10-14-25-26(16-21)35-19-34-25/h3-10,12-14,16,18H,2,11,15,17,19H2,1H3,(H,29,32). The van der Waals surface area contributed by atoms with E-state index >= 15 is 0 Å². The average molecular weight is 470 g/mol. The van der Waals surface area contributed by atoms with Gasteiger partial charge in [-0.05, 0) is 66.9 Å². The molecule has 0 radical (unpaired) electrons. The number of hydrogen-bond acceptors (Lipinski definition) is 5. The van der Waals surface area contributed by atoms with Gasteiger partial charge in [0.2, 0.25) is 12.7 Å². The van der Waals surface area contributed by atoms with Gasteiger partial charge in [-0.25, -0.2) is 4.68 Å². The second-order valence-electron chi connectivity index (χ2n) is 8.20. The molecule has 0 atom stereocenters. The Balaban J connectivity index is 1.30. The number of aromatic nitrogens is 2. The molecule has 0 unspecified atom stereocenters. The SMILES string of the molecule is CCOc1ccc(CNC(=O)CCc2cn(-c3ccccc3)nc2-c2ccc3c(c2)OCO3)cc1. The van der Waals surface area contributed by atoms with E-state index in [0.29, 0.717) is 31.7 Å². The number of amides is 1. The second-order valence-corrected chi connectivity index (χ2v) is 8.20. The smallest absolute Gasteiger partial charge is 0.231 e. The molecule has 35 heavy (non-hydrogen) atoms. The van der Waals surface area contributed by atoms with Crippen molar-refractivity contribution in [2.24, 2.45) is 0 Å². The molecule has 1 N–H and O–H groups in total. The zero-order chi connectivity index (χ0) is 24.0.